The molecule has 0 aliphatic carbocycles. The number of piperazine rings is 1. The van der Waals surface area contributed by atoms with Gasteiger partial charge in [0.15, 0.2) is 0 Å². The first-order valence-corrected chi connectivity index (χ1v) is 8.62. The highest BCUT2D eigenvalue weighted by Crippen LogP contribution is 2.19. The lowest BCUT2D eigenvalue weighted by Gasteiger charge is -2.40. The largest absolute Gasteiger partial charge is 0.384 e. The van der Waals surface area contributed by atoms with Crippen LogP contribution in [0.3, 0.4) is 0 Å². The highest BCUT2D eigenvalue weighted by molar-refractivity contribution is 7.89. The van der Waals surface area contributed by atoms with Gasteiger partial charge < -0.3 is 15.0 Å². The SMILES string of the molecule is COCCS(=O)(=O)N1CCCC(N2CCNCC2=O)C1. The summed E-state index contributed by atoms with van der Waals surface area (Å²) in [5.74, 6) is 0.0727. The van der Waals surface area contributed by atoms with Gasteiger partial charge in [0.2, 0.25) is 15.9 Å². The van der Waals surface area contributed by atoms with E-state index >= 15 is 0 Å². The van der Waals surface area contributed by atoms with Crippen molar-refractivity contribution in [1.82, 2.24) is 14.5 Å². The fraction of sp³-hybridized carbons (Fsp3) is 0.917. The third-order valence-corrected chi connectivity index (χ3v) is 5.67. The van der Waals surface area contributed by atoms with Crippen molar-refractivity contribution in [2.45, 2.75) is 18.9 Å². The van der Waals surface area contributed by atoms with E-state index in [0.29, 0.717) is 26.2 Å². The topological polar surface area (TPSA) is 79.0 Å². The molecule has 2 aliphatic rings. The second kappa shape index (κ2) is 6.84. The van der Waals surface area contributed by atoms with Crippen LogP contribution in [0.5, 0.6) is 0 Å². The van der Waals surface area contributed by atoms with Gasteiger partial charge >= 0.3 is 0 Å². The van der Waals surface area contributed by atoms with Gasteiger partial charge in [0, 0.05) is 39.3 Å². The fourth-order valence-electron chi connectivity index (χ4n) is 2.75. The van der Waals surface area contributed by atoms with Crippen LogP contribution in [0.4, 0.5) is 0 Å². The predicted octanol–water partition coefficient (Wildman–Crippen LogP) is -1.14. The molecule has 8 heteroatoms. The van der Waals surface area contributed by atoms with Crippen molar-refractivity contribution in [1.29, 1.82) is 0 Å². The van der Waals surface area contributed by atoms with Crippen molar-refractivity contribution in [3.05, 3.63) is 0 Å². The fourth-order valence-corrected chi connectivity index (χ4v) is 4.19. The van der Waals surface area contributed by atoms with Gasteiger partial charge in [-0.2, -0.15) is 4.31 Å². The minimum Gasteiger partial charge on any atom is -0.384 e. The van der Waals surface area contributed by atoms with Crippen LogP contribution in [0.2, 0.25) is 0 Å². The molecule has 0 saturated carbocycles. The minimum absolute atomic E-state index is 0.00568. The normalized spacial score (nSPS) is 25.9. The predicted molar refractivity (Wildman–Crippen MR) is 74.8 cm³/mol. The van der Waals surface area contributed by atoms with Crippen LogP contribution in [0.25, 0.3) is 0 Å². The lowest BCUT2D eigenvalue weighted by Crippen LogP contribution is -2.57. The molecule has 0 aromatic heterocycles. The van der Waals surface area contributed by atoms with Gasteiger partial charge in [-0.3, -0.25) is 4.79 Å². The first kappa shape index (κ1) is 15.7. The van der Waals surface area contributed by atoms with Crippen molar-refractivity contribution in [2.75, 3.05) is 52.2 Å². The molecular weight excluding hydrogens is 282 g/mol. The number of amides is 1. The number of methoxy groups -OCH3 is 1. The second-order valence-corrected chi connectivity index (χ2v) is 7.32. The van der Waals surface area contributed by atoms with E-state index in [1.807, 2.05) is 4.90 Å². The van der Waals surface area contributed by atoms with Crippen LogP contribution in [0, 0.1) is 0 Å². The van der Waals surface area contributed by atoms with Crippen molar-refractivity contribution in [2.24, 2.45) is 0 Å². The zero-order valence-electron chi connectivity index (χ0n) is 11.9. The van der Waals surface area contributed by atoms with Crippen molar-refractivity contribution >= 4 is 15.9 Å². The van der Waals surface area contributed by atoms with Gasteiger partial charge in [-0.25, -0.2) is 8.42 Å². The van der Waals surface area contributed by atoms with Crippen molar-refractivity contribution in [3.8, 4) is 0 Å². The van der Waals surface area contributed by atoms with E-state index in [2.05, 4.69) is 5.32 Å². The zero-order chi connectivity index (χ0) is 14.6. The Labute approximate surface area is 120 Å². The van der Waals surface area contributed by atoms with Gasteiger partial charge in [-0.1, -0.05) is 0 Å². The summed E-state index contributed by atoms with van der Waals surface area (Å²) in [4.78, 5) is 13.7. The summed E-state index contributed by atoms with van der Waals surface area (Å²) in [6, 6.07) is 0.00988. The highest BCUT2D eigenvalue weighted by atomic mass is 32.2. The molecule has 1 atom stereocenters. The minimum atomic E-state index is -3.28. The average molecular weight is 305 g/mol. The lowest BCUT2D eigenvalue weighted by atomic mass is 10.1. The summed E-state index contributed by atoms with van der Waals surface area (Å²) in [7, 11) is -1.79. The van der Waals surface area contributed by atoms with Gasteiger partial charge in [0.25, 0.3) is 0 Å². The Balaban J connectivity index is 1.99. The van der Waals surface area contributed by atoms with E-state index in [1.165, 1.54) is 11.4 Å². The Hall–Kier alpha value is -0.700. The van der Waals surface area contributed by atoms with Crippen LogP contribution in [0.1, 0.15) is 12.8 Å². The number of sulfonamides is 1. The van der Waals surface area contributed by atoms with E-state index in [-0.39, 0.29) is 24.3 Å². The Morgan fingerprint density at radius 2 is 2.20 bits per heavy atom. The molecule has 0 radical (unpaired) electrons. The lowest BCUT2D eigenvalue weighted by molar-refractivity contribution is -0.135. The molecule has 0 spiro atoms. The van der Waals surface area contributed by atoms with E-state index in [0.717, 1.165) is 19.4 Å². The Kier molecular flexibility index (Phi) is 5.36. The number of carbonyl (C=O) groups excluding carboxylic acids is 1. The van der Waals surface area contributed by atoms with Crippen molar-refractivity contribution in [3.63, 3.8) is 0 Å². The van der Waals surface area contributed by atoms with Crippen LogP contribution in [0.15, 0.2) is 0 Å². The molecule has 0 aromatic carbocycles. The maximum atomic E-state index is 12.2. The maximum absolute atomic E-state index is 12.2. The number of carbonyl (C=O) groups is 1. The molecule has 2 rings (SSSR count). The van der Waals surface area contributed by atoms with Crippen LogP contribution >= 0.6 is 0 Å². The Morgan fingerprint density at radius 1 is 1.40 bits per heavy atom. The van der Waals surface area contributed by atoms with Gasteiger partial charge in [-0.15, -0.1) is 0 Å². The molecule has 2 aliphatic heterocycles. The smallest absolute Gasteiger partial charge is 0.236 e. The van der Waals surface area contributed by atoms with Crippen LogP contribution in [-0.2, 0) is 19.6 Å². The van der Waals surface area contributed by atoms with E-state index < -0.39 is 10.0 Å². The molecule has 1 N–H and O–H groups in total. The molecule has 2 saturated heterocycles. The van der Waals surface area contributed by atoms with Gasteiger partial charge in [0.1, 0.15) is 0 Å². The van der Waals surface area contributed by atoms with Crippen molar-refractivity contribution < 1.29 is 17.9 Å². The summed E-state index contributed by atoms with van der Waals surface area (Å²) in [6.07, 6.45) is 1.68. The molecule has 0 bridgehead atoms. The molecule has 20 heavy (non-hydrogen) atoms. The summed E-state index contributed by atoms with van der Waals surface area (Å²) in [5, 5.41) is 3.03. The second-order valence-electron chi connectivity index (χ2n) is 5.23. The molecule has 116 valence electrons. The molecule has 2 heterocycles. The Bertz CT molecular complexity index is 440. The van der Waals surface area contributed by atoms with Crippen LogP contribution < -0.4 is 5.32 Å². The van der Waals surface area contributed by atoms with Gasteiger partial charge in [0.05, 0.1) is 18.9 Å². The highest BCUT2D eigenvalue weighted by Gasteiger charge is 2.34. The quantitative estimate of drug-likeness (QED) is 0.694. The zero-order valence-corrected chi connectivity index (χ0v) is 12.7. The number of nitrogens with zero attached hydrogens (tertiary/aromatic N) is 2. The molecule has 1 amide bonds. The molecule has 1 unspecified atom stereocenters. The van der Waals surface area contributed by atoms with E-state index in [1.54, 1.807) is 0 Å². The standard InChI is InChI=1S/C12H23N3O4S/c1-19-7-8-20(17,18)14-5-2-3-11(10-14)15-6-4-13-9-12(15)16/h11,13H,2-10H2,1H3. The number of hydrogen-bond donors (Lipinski definition) is 1. The van der Waals surface area contributed by atoms with E-state index in [4.69, 9.17) is 4.74 Å². The third kappa shape index (κ3) is 3.69. The number of hydrogen-bond acceptors (Lipinski definition) is 5. The number of piperidine rings is 1. The maximum Gasteiger partial charge on any atom is 0.236 e. The monoisotopic (exact) mass is 305 g/mol. The molecule has 0 aromatic rings. The number of ether oxygens (including phenoxy) is 1. The summed E-state index contributed by atoms with van der Waals surface area (Å²) >= 11 is 0. The average Bonchev–Trinajstić information content (AvgIpc) is 2.46. The first-order chi connectivity index (χ1) is 9.54. The van der Waals surface area contributed by atoms with E-state index in [9.17, 15) is 13.2 Å². The molecule has 7 nitrogen and oxygen atoms in total. The first-order valence-electron chi connectivity index (χ1n) is 7.01. The van der Waals surface area contributed by atoms with Crippen LogP contribution in [-0.4, -0.2) is 81.8 Å². The Morgan fingerprint density at radius 3 is 2.90 bits per heavy atom. The summed E-state index contributed by atoms with van der Waals surface area (Å²) in [5.41, 5.74) is 0. The summed E-state index contributed by atoms with van der Waals surface area (Å²) in [6.45, 7) is 2.96. The molecule has 2 fully saturated rings. The molecular formula is C12H23N3O4S. The van der Waals surface area contributed by atoms with Gasteiger partial charge in [-0.05, 0) is 12.8 Å². The number of nitrogens with one attached hydrogen (secondary N) is 1. The third-order valence-electron chi connectivity index (χ3n) is 3.86. The number of rotatable bonds is 5. The summed E-state index contributed by atoms with van der Waals surface area (Å²) < 4.78 is 30.7.